The molecular formula is C69H87N13O13. The van der Waals surface area contributed by atoms with Crippen LogP contribution in [0.2, 0.25) is 0 Å². The van der Waals surface area contributed by atoms with Crippen LogP contribution in [0.1, 0.15) is 73.8 Å². The number of amides is 9. The number of hydrogen-bond donors (Lipinski definition) is 12. The number of alkyl carbamates (subject to hydrolysis) is 1. The summed E-state index contributed by atoms with van der Waals surface area (Å²) in [6, 6.07) is 29.8. The number of aliphatic imine (C=N–C) groups is 1. The van der Waals surface area contributed by atoms with Crippen LogP contribution < -0.4 is 53.4 Å². The van der Waals surface area contributed by atoms with Crippen LogP contribution in [0.5, 0.6) is 5.75 Å². The van der Waals surface area contributed by atoms with Crippen molar-refractivity contribution in [2.75, 3.05) is 40.4 Å². The second kappa shape index (κ2) is 36.3. The van der Waals surface area contributed by atoms with Crippen LogP contribution in [0.3, 0.4) is 0 Å². The summed E-state index contributed by atoms with van der Waals surface area (Å²) in [6.07, 6.45) is 1.67. The van der Waals surface area contributed by atoms with E-state index in [1.165, 1.54) is 7.05 Å². The zero-order valence-corrected chi connectivity index (χ0v) is 53.8. The molecule has 95 heavy (non-hydrogen) atoms. The highest BCUT2D eigenvalue weighted by Gasteiger charge is 2.38. The van der Waals surface area contributed by atoms with Gasteiger partial charge in [0.2, 0.25) is 41.4 Å². The number of nitrogens with zero attached hydrogens (tertiary/aromatic N) is 3. The number of benzene rings is 5. The van der Waals surface area contributed by atoms with Crippen molar-refractivity contribution in [3.8, 4) is 5.75 Å². The van der Waals surface area contributed by atoms with Crippen LogP contribution in [0.15, 0.2) is 151 Å². The molecule has 0 saturated carbocycles. The van der Waals surface area contributed by atoms with E-state index in [2.05, 4.69) is 47.2 Å². The van der Waals surface area contributed by atoms with Crippen molar-refractivity contribution >= 4 is 70.2 Å². The Morgan fingerprint density at radius 3 is 1.61 bits per heavy atom. The quantitative estimate of drug-likeness (QED) is 0.0156. The number of para-hydroxylation sites is 1. The molecule has 1 aliphatic rings. The molecule has 14 N–H and O–H groups in total. The molecule has 1 aromatic heterocycles. The molecule has 5 aromatic carbocycles. The van der Waals surface area contributed by atoms with E-state index >= 15 is 4.79 Å². The van der Waals surface area contributed by atoms with Gasteiger partial charge in [-0.15, -0.1) is 0 Å². The topological polar surface area (TPSA) is 383 Å². The smallest absolute Gasteiger partial charge is 0.408 e. The first kappa shape index (κ1) is 72.2. The minimum atomic E-state index is -1.78. The summed E-state index contributed by atoms with van der Waals surface area (Å²) in [7, 11) is 3.16. The van der Waals surface area contributed by atoms with Gasteiger partial charge in [-0.2, -0.15) is 0 Å². The highest BCUT2D eigenvalue weighted by Crippen LogP contribution is 2.22. The van der Waals surface area contributed by atoms with Gasteiger partial charge in [0.25, 0.3) is 5.91 Å². The van der Waals surface area contributed by atoms with Crippen LogP contribution >= 0.6 is 0 Å². The van der Waals surface area contributed by atoms with Gasteiger partial charge in [0.15, 0.2) is 5.96 Å². The molecule has 26 nitrogen and oxygen atoms in total. The first-order chi connectivity index (χ1) is 45.7. The number of nitrogens with two attached hydrogens (primary N) is 2. The van der Waals surface area contributed by atoms with Gasteiger partial charge in [-0.3, -0.25) is 53.1 Å². The number of fused-ring (bicyclic) bond motifs is 1. The SMILES string of the molecule is CC(C)C[C@H](NC(=O)[C@@H](Cc1ccccc1)NC(=O)[C@H](Cc1ccc(OCc2ccccc2)cc1)NC(=O)[C@H](CO)NC(=O)[C@H](Cc1c[nH]c2ccccc12)NC(=O)[C@H](CO)NC(=O)OCc1ccccc1)C(=O)N[C@@H](CCCN=C(N)N)C(=O)N(C)C(=O)[C@@H]1CCCN1C. The molecule has 0 unspecified atom stereocenters. The molecule has 0 bridgehead atoms. The number of aliphatic hydroxyl groups excluding tert-OH is 2. The summed E-state index contributed by atoms with van der Waals surface area (Å²) in [6.45, 7) is 2.62. The van der Waals surface area contributed by atoms with Gasteiger partial charge >= 0.3 is 6.09 Å². The highest BCUT2D eigenvalue weighted by molar-refractivity contribution is 6.02. The Balaban J connectivity index is 1.14. The molecule has 9 amide bonds. The molecular weight excluding hydrogens is 1220 g/mol. The molecule has 2 heterocycles. The van der Waals surface area contributed by atoms with E-state index in [1.54, 1.807) is 122 Å². The number of nitrogens with one attached hydrogen (secondary N) is 8. The highest BCUT2D eigenvalue weighted by atomic mass is 16.5. The maximum atomic E-state index is 15.1. The van der Waals surface area contributed by atoms with E-state index in [-0.39, 0.29) is 70.2 Å². The maximum absolute atomic E-state index is 15.1. The van der Waals surface area contributed by atoms with Gasteiger partial charge in [0.1, 0.15) is 61.3 Å². The third kappa shape index (κ3) is 22.2. The van der Waals surface area contributed by atoms with E-state index in [4.69, 9.17) is 20.9 Å². The lowest BCUT2D eigenvalue weighted by atomic mass is 9.99. The number of likely N-dealkylation sites (N-methyl/N-ethyl adjacent to an activating group) is 2. The van der Waals surface area contributed by atoms with Crippen molar-refractivity contribution in [3.63, 3.8) is 0 Å². The molecule has 26 heteroatoms. The van der Waals surface area contributed by atoms with Gasteiger partial charge in [0.05, 0.1) is 19.3 Å². The lowest BCUT2D eigenvalue weighted by Crippen LogP contribution is -2.61. The Morgan fingerprint density at radius 2 is 1.06 bits per heavy atom. The third-order valence-electron chi connectivity index (χ3n) is 16.1. The third-order valence-corrected chi connectivity index (χ3v) is 16.1. The van der Waals surface area contributed by atoms with Gasteiger partial charge in [0, 0.05) is 50.0 Å². The predicted molar refractivity (Wildman–Crippen MR) is 355 cm³/mol. The fourth-order valence-electron chi connectivity index (χ4n) is 10.9. The molecule has 6 aromatic rings. The first-order valence-corrected chi connectivity index (χ1v) is 31.6. The van der Waals surface area contributed by atoms with Crippen molar-refractivity contribution in [1.82, 2.24) is 52.0 Å². The number of carbonyl (C=O) groups excluding carboxylic acids is 9. The number of H-pyrrole nitrogens is 1. The minimum absolute atomic E-state index is 0.0202. The number of ether oxygens (including phenoxy) is 2. The number of aromatic amines is 1. The van der Waals surface area contributed by atoms with E-state index in [0.29, 0.717) is 51.9 Å². The number of aromatic nitrogens is 1. The van der Waals surface area contributed by atoms with Crippen molar-refractivity contribution in [1.29, 1.82) is 0 Å². The van der Waals surface area contributed by atoms with Crippen molar-refractivity contribution in [3.05, 3.63) is 174 Å². The second-order valence-corrected chi connectivity index (χ2v) is 23.8. The largest absolute Gasteiger partial charge is 0.489 e. The number of imide groups is 1. The van der Waals surface area contributed by atoms with Crippen LogP contribution in [-0.2, 0) is 75.6 Å². The van der Waals surface area contributed by atoms with Gasteiger partial charge < -0.3 is 73.4 Å². The lowest BCUT2D eigenvalue weighted by molar-refractivity contribution is -0.148. The van der Waals surface area contributed by atoms with Crippen LogP contribution in [0.25, 0.3) is 10.9 Å². The summed E-state index contributed by atoms with van der Waals surface area (Å²) < 4.78 is 11.3. The molecule has 7 rings (SSSR count). The van der Waals surface area contributed by atoms with Gasteiger partial charge in [-0.25, -0.2) is 4.79 Å². The fraction of sp³-hybridized carbons (Fsp3) is 0.391. The van der Waals surface area contributed by atoms with Gasteiger partial charge in [-0.1, -0.05) is 135 Å². The van der Waals surface area contributed by atoms with E-state index in [0.717, 1.165) is 16.9 Å². The molecule has 0 spiro atoms. The standard InChI is InChI=1S/C69H87N13O13/c1-43(2)34-53(60(85)74-52(26-16-32-72-68(70)71)66(91)82(4)67(92)59-27-17-33-81(59)3)75-61(86)54(35-44-18-8-5-9-19-44)76-62(87)55(36-45-28-30-49(31-29-45)94-41-46-20-10-6-11-21-46)77-64(89)57(39-83)79-63(88)56(37-48-38-73-51-25-15-14-24-50(48)51)78-65(90)58(40-84)80-69(93)95-42-47-22-12-7-13-23-47/h5-15,18-25,28-31,38,43,52-59,73,83-84H,16-17,26-27,32-37,39-42H2,1-4H3,(H,74,85)(H,75,86)(H,76,87)(H,77,89)(H,78,90)(H,79,88)(H,80,93)(H4,70,71,72)/t52-,53-,54+,55-,56-,57-,58-,59-/m0/s1. The fourth-order valence-corrected chi connectivity index (χ4v) is 10.9. The average molecular weight is 1310 g/mol. The first-order valence-electron chi connectivity index (χ1n) is 31.6. The van der Waals surface area contributed by atoms with Crippen molar-refractivity contribution in [2.24, 2.45) is 22.4 Å². The average Bonchev–Trinajstić information content (AvgIpc) is 1.89. The summed E-state index contributed by atoms with van der Waals surface area (Å²) in [4.78, 5) is 139. The number of guanidine groups is 1. The van der Waals surface area contributed by atoms with Crippen molar-refractivity contribution < 1.29 is 62.8 Å². The Morgan fingerprint density at radius 1 is 0.589 bits per heavy atom. The molecule has 506 valence electrons. The molecule has 0 aliphatic carbocycles. The number of rotatable bonds is 34. The number of carbonyl (C=O) groups is 9. The molecule has 0 radical (unpaired) electrons. The number of hydrogen-bond acceptors (Lipinski definition) is 15. The number of likely N-dealkylation sites (tertiary alicyclic amines) is 1. The summed E-state index contributed by atoms with van der Waals surface area (Å²) in [5.74, 6) is -6.50. The summed E-state index contributed by atoms with van der Waals surface area (Å²) >= 11 is 0. The lowest BCUT2D eigenvalue weighted by Gasteiger charge is -2.30. The molecule has 1 aliphatic heterocycles. The summed E-state index contributed by atoms with van der Waals surface area (Å²) in [5, 5.41) is 40.4. The Kier molecular flexibility index (Phi) is 27.6. The zero-order chi connectivity index (χ0) is 68.4. The Bertz CT molecular complexity index is 3550. The van der Waals surface area contributed by atoms with E-state index < -0.39 is 115 Å². The molecule has 8 atom stereocenters. The predicted octanol–water partition coefficient (Wildman–Crippen LogP) is 2.14. The Hall–Kier alpha value is -10.2. The normalized spacial score (nSPS) is 15.1. The Labute approximate surface area is 551 Å². The van der Waals surface area contributed by atoms with Gasteiger partial charge in [-0.05, 0) is 97.6 Å². The number of aliphatic hydroxyl groups is 2. The second-order valence-electron chi connectivity index (χ2n) is 23.8. The minimum Gasteiger partial charge on any atom is -0.489 e. The molecule has 1 fully saturated rings. The van der Waals surface area contributed by atoms with Crippen molar-refractivity contribution in [2.45, 2.75) is 127 Å². The molecule has 1 saturated heterocycles. The van der Waals surface area contributed by atoms with Crippen LogP contribution in [0.4, 0.5) is 4.79 Å². The monoisotopic (exact) mass is 1310 g/mol. The zero-order valence-electron chi connectivity index (χ0n) is 53.8. The maximum Gasteiger partial charge on any atom is 0.408 e. The van der Waals surface area contributed by atoms with Crippen LogP contribution in [-0.4, -0.2) is 173 Å². The summed E-state index contributed by atoms with van der Waals surface area (Å²) in [5.41, 5.74) is 15.1. The van der Waals surface area contributed by atoms with E-state index in [1.807, 2.05) is 49.1 Å². The van der Waals surface area contributed by atoms with Crippen LogP contribution in [0, 0.1) is 5.92 Å². The van der Waals surface area contributed by atoms with E-state index in [9.17, 15) is 48.6 Å².